The van der Waals surface area contributed by atoms with Crippen molar-refractivity contribution in [2.24, 2.45) is 0 Å². The molecule has 1 aromatic carbocycles. The molecule has 1 atom stereocenters. The second kappa shape index (κ2) is 6.33. The number of methoxy groups -OCH3 is 1. The Bertz CT molecular complexity index is 549. The predicted octanol–water partition coefficient (Wildman–Crippen LogP) is 2.65. The molecule has 0 bridgehead atoms. The molecule has 1 N–H and O–H groups in total. The molecule has 1 aromatic rings. The van der Waals surface area contributed by atoms with E-state index in [1.807, 2.05) is 6.92 Å². The van der Waals surface area contributed by atoms with Gasteiger partial charge in [0.05, 0.1) is 18.7 Å². The molecule has 8 heteroatoms. The molecule has 1 aliphatic rings. The summed E-state index contributed by atoms with van der Waals surface area (Å²) in [4.78, 5) is 12.8. The Labute approximate surface area is 126 Å². The van der Waals surface area contributed by atoms with Crippen LogP contribution in [-0.2, 0) is 10.9 Å². The number of ether oxygens (including phenoxy) is 2. The maximum absolute atomic E-state index is 13.0. The van der Waals surface area contributed by atoms with E-state index in [9.17, 15) is 18.0 Å². The Hall–Kier alpha value is -2.12. The van der Waals surface area contributed by atoms with Gasteiger partial charge in [-0.15, -0.1) is 0 Å². The molecule has 22 heavy (non-hydrogen) atoms. The lowest BCUT2D eigenvalue weighted by molar-refractivity contribution is -0.137. The summed E-state index contributed by atoms with van der Waals surface area (Å²) >= 11 is 0. The molecule has 2 rings (SSSR count). The highest BCUT2D eigenvalue weighted by Gasteiger charge is 2.32. The van der Waals surface area contributed by atoms with Gasteiger partial charge in [0.1, 0.15) is 12.4 Å². The molecule has 122 valence electrons. The van der Waals surface area contributed by atoms with Gasteiger partial charge in [0.25, 0.3) is 0 Å². The molecule has 1 fully saturated rings. The van der Waals surface area contributed by atoms with Crippen LogP contribution in [0.5, 0.6) is 5.75 Å². The Morgan fingerprint density at radius 1 is 1.41 bits per heavy atom. The van der Waals surface area contributed by atoms with Crippen LogP contribution in [0.3, 0.4) is 0 Å². The fraction of sp³-hybridized carbons (Fsp3) is 0.500. The minimum atomic E-state index is -4.45. The summed E-state index contributed by atoms with van der Waals surface area (Å²) in [6, 6.07) is 3.31. The summed E-state index contributed by atoms with van der Waals surface area (Å²) in [5.74, 6) is 0.134. The van der Waals surface area contributed by atoms with E-state index < -0.39 is 17.8 Å². The third kappa shape index (κ3) is 3.75. The number of alkyl halides is 3. The number of halogens is 3. The summed E-state index contributed by atoms with van der Waals surface area (Å²) in [6.07, 6.45) is -4.96. The van der Waals surface area contributed by atoms with Crippen molar-refractivity contribution >= 4 is 11.8 Å². The molecule has 0 unspecified atom stereocenters. The van der Waals surface area contributed by atoms with Crippen molar-refractivity contribution in [1.82, 2.24) is 5.32 Å². The van der Waals surface area contributed by atoms with E-state index >= 15 is 0 Å². The van der Waals surface area contributed by atoms with Gasteiger partial charge in [-0.05, 0) is 19.1 Å². The summed E-state index contributed by atoms with van der Waals surface area (Å²) in [5, 5.41) is 2.61. The van der Waals surface area contributed by atoms with Crippen molar-refractivity contribution < 1.29 is 27.4 Å². The number of likely N-dealkylation sites (N-methyl/N-ethyl adjacent to an activating group) is 1. The average molecular weight is 318 g/mol. The number of hydrogen-bond donors (Lipinski definition) is 1. The number of benzene rings is 1. The van der Waals surface area contributed by atoms with E-state index in [0.717, 1.165) is 12.1 Å². The fourth-order valence-corrected chi connectivity index (χ4v) is 2.26. The van der Waals surface area contributed by atoms with E-state index in [1.165, 1.54) is 13.2 Å². The number of carbonyl (C=O) groups is 1. The number of nitrogens with zero attached hydrogens (tertiary/aromatic N) is 1. The van der Waals surface area contributed by atoms with Crippen LogP contribution in [0, 0.1) is 0 Å². The zero-order valence-corrected chi connectivity index (χ0v) is 12.2. The van der Waals surface area contributed by atoms with Crippen molar-refractivity contribution in [1.29, 1.82) is 0 Å². The highest BCUT2D eigenvalue weighted by molar-refractivity contribution is 5.69. The first-order valence-electron chi connectivity index (χ1n) is 6.78. The van der Waals surface area contributed by atoms with Gasteiger partial charge in [0, 0.05) is 24.8 Å². The topological polar surface area (TPSA) is 50.8 Å². The van der Waals surface area contributed by atoms with E-state index in [2.05, 4.69) is 5.32 Å². The Kier molecular flexibility index (Phi) is 4.68. The monoisotopic (exact) mass is 318 g/mol. The molecule has 0 aromatic heterocycles. The van der Waals surface area contributed by atoms with Crippen LogP contribution in [0.1, 0.15) is 12.5 Å². The molecule has 0 radical (unpaired) electrons. The molecule has 1 amide bonds. The molecular weight excluding hydrogens is 301 g/mol. The van der Waals surface area contributed by atoms with E-state index in [4.69, 9.17) is 9.47 Å². The minimum Gasteiger partial charge on any atom is -0.497 e. The first-order valence-corrected chi connectivity index (χ1v) is 6.78. The number of rotatable bonds is 5. The summed E-state index contributed by atoms with van der Waals surface area (Å²) in [5.41, 5.74) is -0.387. The highest BCUT2D eigenvalue weighted by atomic mass is 19.4. The Morgan fingerprint density at radius 3 is 2.64 bits per heavy atom. The molecule has 0 spiro atoms. The third-order valence-electron chi connectivity index (χ3n) is 3.38. The number of anilines is 1. The van der Waals surface area contributed by atoms with Gasteiger partial charge < -0.3 is 19.7 Å². The molecular formula is C14H17F3N2O3. The predicted molar refractivity (Wildman–Crippen MR) is 74.2 cm³/mol. The lowest BCUT2D eigenvalue weighted by atomic mass is 10.1. The van der Waals surface area contributed by atoms with Gasteiger partial charge in [-0.25, -0.2) is 4.79 Å². The quantitative estimate of drug-likeness (QED) is 0.907. The molecule has 1 aliphatic heterocycles. The van der Waals surface area contributed by atoms with Crippen LogP contribution in [0.4, 0.5) is 23.7 Å². The summed E-state index contributed by atoms with van der Waals surface area (Å²) < 4.78 is 48.6. The van der Waals surface area contributed by atoms with E-state index in [1.54, 1.807) is 4.90 Å². The second-order valence-electron chi connectivity index (χ2n) is 4.90. The lowest BCUT2D eigenvalue weighted by Crippen LogP contribution is -2.40. The maximum Gasteiger partial charge on any atom is 0.416 e. The number of amides is 1. The van der Waals surface area contributed by atoms with Crippen molar-refractivity contribution in [3.63, 3.8) is 0 Å². The van der Waals surface area contributed by atoms with Gasteiger partial charge in [0.2, 0.25) is 0 Å². The molecule has 0 saturated carbocycles. The third-order valence-corrected chi connectivity index (χ3v) is 3.38. The van der Waals surface area contributed by atoms with Crippen molar-refractivity contribution in [2.75, 3.05) is 31.7 Å². The van der Waals surface area contributed by atoms with Gasteiger partial charge in [-0.1, -0.05) is 0 Å². The zero-order valence-electron chi connectivity index (χ0n) is 12.2. The molecule has 0 aliphatic carbocycles. The van der Waals surface area contributed by atoms with Crippen LogP contribution in [0.25, 0.3) is 0 Å². The van der Waals surface area contributed by atoms with Crippen LogP contribution < -0.4 is 15.0 Å². The molecule has 1 heterocycles. The number of carbonyl (C=O) groups excluding carboxylic acids is 1. The Balaban J connectivity index is 2.25. The minimum absolute atomic E-state index is 0.134. The van der Waals surface area contributed by atoms with Crippen LogP contribution >= 0.6 is 0 Å². The van der Waals surface area contributed by atoms with Crippen molar-refractivity contribution in [3.05, 3.63) is 23.8 Å². The van der Waals surface area contributed by atoms with Crippen LogP contribution in [0.15, 0.2) is 18.2 Å². The van der Waals surface area contributed by atoms with Gasteiger partial charge in [0.15, 0.2) is 0 Å². The largest absolute Gasteiger partial charge is 0.497 e. The number of alkyl carbamates (subject to hydrolysis) is 1. The van der Waals surface area contributed by atoms with Crippen LogP contribution in [-0.4, -0.2) is 38.9 Å². The van der Waals surface area contributed by atoms with Crippen molar-refractivity contribution in [2.45, 2.75) is 19.1 Å². The fourth-order valence-electron chi connectivity index (χ4n) is 2.26. The normalized spacial score (nSPS) is 17.9. The van der Waals surface area contributed by atoms with Crippen LogP contribution in [0.2, 0.25) is 0 Å². The lowest BCUT2D eigenvalue weighted by Gasteiger charge is -2.26. The van der Waals surface area contributed by atoms with E-state index in [0.29, 0.717) is 18.8 Å². The molecule has 5 nitrogen and oxygen atoms in total. The van der Waals surface area contributed by atoms with E-state index in [-0.39, 0.29) is 18.4 Å². The highest BCUT2D eigenvalue weighted by Crippen LogP contribution is 2.35. The first kappa shape index (κ1) is 16.3. The molecule has 1 saturated heterocycles. The smallest absolute Gasteiger partial charge is 0.416 e. The standard InChI is InChI=1S/C14H17F3N2O3/c1-3-19(7-10-8-22-13(20)18-10)11-4-9(14(15,16)17)5-12(6-11)21-2/h4-6,10H,3,7-8H2,1-2H3,(H,18,20)/t10-/m0/s1. The second-order valence-corrected chi connectivity index (χ2v) is 4.90. The zero-order chi connectivity index (χ0) is 16.3. The summed E-state index contributed by atoms with van der Waals surface area (Å²) in [6.45, 7) is 2.86. The number of nitrogens with one attached hydrogen (secondary N) is 1. The first-order chi connectivity index (χ1) is 10.3. The van der Waals surface area contributed by atoms with Gasteiger partial charge >= 0.3 is 12.3 Å². The Morgan fingerprint density at radius 2 is 2.14 bits per heavy atom. The van der Waals surface area contributed by atoms with Gasteiger partial charge in [-0.2, -0.15) is 13.2 Å². The summed E-state index contributed by atoms with van der Waals surface area (Å²) in [7, 11) is 1.32. The SMILES string of the molecule is CCN(C[C@H]1COC(=O)N1)c1cc(OC)cc(C(F)(F)F)c1. The number of cyclic esters (lactones) is 1. The number of hydrogen-bond acceptors (Lipinski definition) is 4. The maximum atomic E-state index is 13.0. The average Bonchev–Trinajstić information content (AvgIpc) is 2.88. The van der Waals surface area contributed by atoms with Gasteiger partial charge in [-0.3, -0.25) is 0 Å². The van der Waals surface area contributed by atoms with Crippen molar-refractivity contribution in [3.8, 4) is 5.75 Å².